The lowest BCUT2D eigenvalue weighted by Gasteiger charge is -1.95. The van der Waals surface area contributed by atoms with Crippen LogP contribution in [0.5, 0.6) is 5.75 Å². The van der Waals surface area contributed by atoms with Crippen molar-refractivity contribution in [3.63, 3.8) is 0 Å². The summed E-state index contributed by atoms with van der Waals surface area (Å²) in [4.78, 5) is 3.88. The number of aromatic hydroxyl groups is 1. The zero-order chi connectivity index (χ0) is 6.85. The second-order valence-corrected chi connectivity index (χ2v) is 2.90. The normalized spacial score (nSPS) is 9.56. The number of hydrogen-bond donors (Lipinski definition) is 1. The van der Waals surface area contributed by atoms with Crippen molar-refractivity contribution in [2.45, 2.75) is 6.92 Å². The van der Waals surface area contributed by atoms with Gasteiger partial charge in [-0.25, -0.2) is 4.98 Å². The minimum Gasteiger partial charge on any atom is -0.506 e. The van der Waals surface area contributed by atoms with Gasteiger partial charge in [0.2, 0.25) is 0 Å². The number of halogens is 1. The Hall–Kier alpha value is -0.320. The Bertz CT molecular complexity index is 224. The highest BCUT2D eigenvalue weighted by atomic mass is 127. The maximum absolute atomic E-state index is 8.98. The third kappa shape index (κ3) is 1.54. The summed E-state index contributed by atoms with van der Waals surface area (Å²) in [6, 6.07) is 1.83. The van der Waals surface area contributed by atoms with Crippen LogP contribution in [0.1, 0.15) is 5.56 Å². The van der Waals surface area contributed by atoms with Crippen LogP contribution in [0, 0.1) is 10.6 Å². The summed E-state index contributed by atoms with van der Waals surface area (Å²) in [5.41, 5.74) is 0.870. The first-order valence-corrected chi connectivity index (χ1v) is 3.59. The first-order valence-electron chi connectivity index (χ1n) is 2.51. The molecule has 0 fully saturated rings. The van der Waals surface area contributed by atoms with Crippen molar-refractivity contribution in [1.29, 1.82) is 0 Å². The predicted octanol–water partition coefficient (Wildman–Crippen LogP) is 1.70. The van der Waals surface area contributed by atoms with E-state index in [0.29, 0.717) is 0 Å². The molecule has 1 rings (SSSR count). The molecule has 2 nitrogen and oxygen atoms in total. The van der Waals surface area contributed by atoms with Crippen LogP contribution in [-0.2, 0) is 0 Å². The van der Waals surface area contributed by atoms with Crippen LogP contribution in [0.3, 0.4) is 0 Å². The molecule has 0 atom stereocenters. The van der Waals surface area contributed by atoms with Crippen molar-refractivity contribution in [2.75, 3.05) is 0 Å². The molecule has 0 saturated heterocycles. The molecule has 0 aliphatic rings. The molecular weight excluding hydrogens is 229 g/mol. The Morgan fingerprint density at radius 2 is 2.33 bits per heavy atom. The van der Waals surface area contributed by atoms with E-state index in [1.165, 1.54) is 6.20 Å². The summed E-state index contributed by atoms with van der Waals surface area (Å²) in [6.45, 7) is 1.85. The molecule has 9 heavy (non-hydrogen) atoms. The van der Waals surface area contributed by atoms with Gasteiger partial charge in [0.25, 0.3) is 0 Å². The van der Waals surface area contributed by atoms with Crippen LogP contribution in [0.4, 0.5) is 0 Å². The first kappa shape index (κ1) is 6.80. The van der Waals surface area contributed by atoms with E-state index in [9.17, 15) is 0 Å². The molecule has 0 aliphatic heterocycles. The minimum absolute atomic E-state index is 0.260. The lowest BCUT2D eigenvalue weighted by molar-refractivity contribution is 0.468. The Morgan fingerprint density at radius 3 is 2.78 bits per heavy atom. The van der Waals surface area contributed by atoms with E-state index in [2.05, 4.69) is 27.6 Å². The second kappa shape index (κ2) is 2.51. The Labute approximate surface area is 67.1 Å². The Balaban J connectivity index is 3.17. The van der Waals surface area contributed by atoms with Crippen molar-refractivity contribution >= 4 is 22.6 Å². The zero-order valence-corrected chi connectivity index (χ0v) is 7.08. The van der Waals surface area contributed by atoms with E-state index in [1.807, 2.05) is 13.0 Å². The van der Waals surface area contributed by atoms with E-state index < -0.39 is 0 Å². The van der Waals surface area contributed by atoms with Crippen molar-refractivity contribution in [3.8, 4) is 5.75 Å². The van der Waals surface area contributed by atoms with Gasteiger partial charge in [0.1, 0.15) is 9.45 Å². The van der Waals surface area contributed by atoms with Crippen LogP contribution < -0.4 is 0 Å². The lowest BCUT2D eigenvalue weighted by atomic mass is 10.3. The first-order chi connectivity index (χ1) is 4.20. The van der Waals surface area contributed by atoms with Crippen molar-refractivity contribution in [2.24, 2.45) is 0 Å². The summed E-state index contributed by atoms with van der Waals surface area (Å²) in [7, 11) is 0. The smallest absolute Gasteiger partial charge is 0.136 e. The fraction of sp³-hybridized carbons (Fsp3) is 0.167. The SMILES string of the molecule is Cc1cc(I)ncc1O. The van der Waals surface area contributed by atoms with Crippen LogP contribution in [0.15, 0.2) is 12.3 Å². The molecule has 1 aromatic heterocycles. The molecule has 0 saturated carbocycles. The summed E-state index contributed by atoms with van der Waals surface area (Å²) in [6.07, 6.45) is 1.46. The van der Waals surface area contributed by atoms with Gasteiger partial charge in [-0.3, -0.25) is 0 Å². The fourth-order valence-electron chi connectivity index (χ4n) is 0.514. The van der Waals surface area contributed by atoms with Crippen LogP contribution in [0.25, 0.3) is 0 Å². The Morgan fingerprint density at radius 1 is 1.67 bits per heavy atom. The van der Waals surface area contributed by atoms with Crippen molar-refractivity contribution in [3.05, 3.63) is 21.5 Å². The number of nitrogens with zero attached hydrogens (tertiary/aromatic N) is 1. The predicted molar refractivity (Wildman–Crippen MR) is 43.4 cm³/mol. The molecule has 0 bridgehead atoms. The van der Waals surface area contributed by atoms with E-state index in [-0.39, 0.29) is 5.75 Å². The molecule has 1 aromatic rings. The van der Waals surface area contributed by atoms with Gasteiger partial charge in [0.15, 0.2) is 0 Å². The topological polar surface area (TPSA) is 33.1 Å². The maximum atomic E-state index is 8.98. The molecule has 0 aromatic carbocycles. The fourth-order valence-corrected chi connectivity index (χ4v) is 1.12. The Kier molecular flexibility index (Phi) is 1.90. The van der Waals surface area contributed by atoms with Gasteiger partial charge < -0.3 is 5.11 Å². The number of aryl methyl sites for hydroxylation is 1. The third-order valence-electron chi connectivity index (χ3n) is 1.05. The molecule has 1 N–H and O–H groups in total. The highest BCUT2D eigenvalue weighted by Gasteiger charge is 1.94. The molecule has 1 heterocycles. The van der Waals surface area contributed by atoms with Gasteiger partial charge in [-0.2, -0.15) is 0 Å². The van der Waals surface area contributed by atoms with Crippen molar-refractivity contribution < 1.29 is 5.11 Å². The summed E-state index contributed by atoms with van der Waals surface area (Å²) in [5, 5.41) is 8.98. The van der Waals surface area contributed by atoms with E-state index in [0.717, 1.165) is 9.26 Å². The summed E-state index contributed by atoms with van der Waals surface area (Å²) >= 11 is 2.10. The standard InChI is InChI=1S/C6H6INO/c1-4-2-6(7)8-3-5(4)9/h2-3,9H,1H3. The van der Waals surface area contributed by atoms with Gasteiger partial charge in [-0.1, -0.05) is 0 Å². The molecular formula is C6H6INO. The second-order valence-electron chi connectivity index (χ2n) is 1.79. The van der Waals surface area contributed by atoms with Gasteiger partial charge in [-0.05, 0) is 41.1 Å². The van der Waals surface area contributed by atoms with Gasteiger partial charge >= 0.3 is 0 Å². The average Bonchev–Trinajstić information content (AvgIpc) is 1.80. The van der Waals surface area contributed by atoms with Crippen LogP contribution in [0.2, 0.25) is 0 Å². The summed E-state index contributed by atoms with van der Waals surface area (Å²) < 4.78 is 0.905. The minimum atomic E-state index is 0.260. The monoisotopic (exact) mass is 235 g/mol. The molecule has 3 heteroatoms. The number of rotatable bonds is 0. The van der Waals surface area contributed by atoms with Gasteiger partial charge in [0.05, 0.1) is 6.20 Å². The summed E-state index contributed by atoms with van der Waals surface area (Å²) in [5.74, 6) is 0.260. The maximum Gasteiger partial charge on any atom is 0.136 e. The van der Waals surface area contributed by atoms with E-state index in [4.69, 9.17) is 5.11 Å². The number of aromatic nitrogens is 1. The number of hydrogen-bond acceptors (Lipinski definition) is 2. The average molecular weight is 235 g/mol. The quantitative estimate of drug-likeness (QED) is 0.548. The van der Waals surface area contributed by atoms with E-state index >= 15 is 0 Å². The van der Waals surface area contributed by atoms with Crippen LogP contribution in [-0.4, -0.2) is 10.1 Å². The van der Waals surface area contributed by atoms with Gasteiger partial charge in [0, 0.05) is 0 Å². The molecule has 48 valence electrons. The molecule has 0 spiro atoms. The van der Waals surface area contributed by atoms with Crippen molar-refractivity contribution in [1.82, 2.24) is 4.98 Å². The van der Waals surface area contributed by atoms with Crippen LogP contribution >= 0.6 is 22.6 Å². The van der Waals surface area contributed by atoms with E-state index in [1.54, 1.807) is 0 Å². The highest BCUT2D eigenvalue weighted by Crippen LogP contribution is 2.14. The molecule has 0 unspecified atom stereocenters. The molecule has 0 amide bonds. The lowest BCUT2D eigenvalue weighted by Crippen LogP contribution is -1.80. The highest BCUT2D eigenvalue weighted by molar-refractivity contribution is 14.1. The van der Waals surface area contributed by atoms with Gasteiger partial charge in [-0.15, -0.1) is 0 Å². The third-order valence-corrected chi connectivity index (χ3v) is 1.64. The number of pyridine rings is 1. The molecule has 0 aliphatic carbocycles. The molecule has 0 radical (unpaired) electrons. The largest absolute Gasteiger partial charge is 0.506 e. The zero-order valence-electron chi connectivity index (χ0n) is 4.93.